The molecule has 0 aliphatic heterocycles. The van der Waals surface area contributed by atoms with Crippen LogP contribution in [-0.2, 0) is 0 Å². The van der Waals surface area contributed by atoms with Crippen LogP contribution in [0.2, 0.25) is 0 Å². The summed E-state index contributed by atoms with van der Waals surface area (Å²) in [5.74, 6) is -0.000880. The van der Waals surface area contributed by atoms with Gasteiger partial charge in [0.1, 0.15) is 0 Å². The second kappa shape index (κ2) is 5.49. The summed E-state index contributed by atoms with van der Waals surface area (Å²) < 4.78 is 0. The van der Waals surface area contributed by atoms with Gasteiger partial charge in [0.05, 0.1) is 11.3 Å². The molecule has 4 nitrogen and oxygen atoms in total. The van der Waals surface area contributed by atoms with Crippen LogP contribution in [0.1, 0.15) is 31.1 Å². The number of aromatic nitrogens is 1. The Morgan fingerprint density at radius 1 is 1.56 bits per heavy atom. The van der Waals surface area contributed by atoms with E-state index >= 15 is 0 Å². The second-order valence-corrected chi connectivity index (χ2v) is 3.96. The maximum absolute atomic E-state index is 12.1. The molecule has 1 aromatic rings. The van der Waals surface area contributed by atoms with E-state index in [1.807, 2.05) is 26.8 Å². The van der Waals surface area contributed by atoms with E-state index < -0.39 is 0 Å². The number of hydrogen-bond donors (Lipinski definition) is 1. The van der Waals surface area contributed by atoms with Gasteiger partial charge in [0, 0.05) is 32.0 Å². The molecule has 0 unspecified atom stereocenters. The van der Waals surface area contributed by atoms with Gasteiger partial charge in [0.2, 0.25) is 0 Å². The van der Waals surface area contributed by atoms with Gasteiger partial charge >= 0.3 is 0 Å². The monoisotopic (exact) mass is 221 g/mol. The molecule has 16 heavy (non-hydrogen) atoms. The lowest BCUT2D eigenvalue weighted by molar-refractivity contribution is 0.0755. The van der Waals surface area contributed by atoms with Crippen LogP contribution < -0.4 is 5.32 Å². The quantitative estimate of drug-likeness (QED) is 0.845. The number of carbonyl (C=O) groups is 1. The van der Waals surface area contributed by atoms with E-state index in [-0.39, 0.29) is 11.9 Å². The summed E-state index contributed by atoms with van der Waals surface area (Å²) in [4.78, 5) is 17.8. The highest BCUT2D eigenvalue weighted by molar-refractivity contribution is 5.99. The molecule has 0 bridgehead atoms. The molecular formula is C12H19N3O. The van der Waals surface area contributed by atoms with Crippen molar-refractivity contribution in [2.75, 3.05) is 18.9 Å². The summed E-state index contributed by atoms with van der Waals surface area (Å²) in [6.07, 6.45) is 3.29. The van der Waals surface area contributed by atoms with Crippen LogP contribution in [0.5, 0.6) is 0 Å². The minimum atomic E-state index is -0.000880. The topological polar surface area (TPSA) is 45.2 Å². The maximum atomic E-state index is 12.1. The molecule has 1 aromatic heterocycles. The fourth-order valence-electron chi connectivity index (χ4n) is 1.33. The molecule has 0 saturated heterocycles. The number of pyridine rings is 1. The third-order valence-electron chi connectivity index (χ3n) is 2.51. The van der Waals surface area contributed by atoms with Gasteiger partial charge in [-0.1, -0.05) is 0 Å². The summed E-state index contributed by atoms with van der Waals surface area (Å²) in [5.41, 5.74) is 1.47. The van der Waals surface area contributed by atoms with Gasteiger partial charge in [0.15, 0.2) is 0 Å². The largest absolute Gasteiger partial charge is 0.385 e. The van der Waals surface area contributed by atoms with Crippen LogP contribution in [0.3, 0.4) is 0 Å². The number of nitrogens with one attached hydrogen (secondary N) is 1. The Balaban J connectivity index is 2.98. The second-order valence-electron chi connectivity index (χ2n) is 3.96. The van der Waals surface area contributed by atoms with Crippen LogP contribution >= 0.6 is 0 Å². The van der Waals surface area contributed by atoms with E-state index in [4.69, 9.17) is 0 Å². The highest BCUT2D eigenvalue weighted by atomic mass is 16.2. The average Bonchev–Trinajstić information content (AvgIpc) is 2.28. The SMILES string of the molecule is CCNc1ccncc1C(=O)N(C)C(C)C. The van der Waals surface area contributed by atoms with E-state index in [0.717, 1.165) is 12.2 Å². The third-order valence-corrected chi connectivity index (χ3v) is 2.51. The molecule has 0 aromatic carbocycles. The lowest BCUT2D eigenvalue weighted by Crippen LogP contribution is -2.33. The maximum Gasteiger partial charge on any atom is 0.257 e. The zero-order valence-corrected chi connectivity index (χ0v) is 10.3. The molecule has 1 amide bonds. The molecule has 0 fully saturated rings. The molecule has 0 radical (unpaired) electrons. The molecule has 4 heteroatoms. The van der Waals surface area contributed by atoms with Gasteiger partial charge < -0.3 is 10.2 Å². The summed E-state index contributed by atoms with van der Waals surface area (Å²) in [7, 11) is 1.80. The average molecular weight is 221 g/mol. The van der Waals surface area contributed by atoms with E-state index in [1.165, 1.54) is 0 Å². The van der Waals surface area contributed by atoms with Crippen LogP contribution in [0.4, 0.5) is 5.69 Å². The van der Waals surface area contributed by atoms with E-state index in [0.29, 0.717) is 5.56 Å². The number of anilines is 1. The Morgan fingerprint density at radius 3 is 2.81 bits per heavy atom. The van der Waals surface area contributed by atoms with Gasteiger partial charge in [-0.05, 0) is 26.8 Å². The van der Waals surface area contributed by atoms with Crippen molar-refractivity contribution in [3.05, 3.63) is 24.0 Å². The minimum absolute atomic E-state index is 0.000880. The fourth-order valence-corrected chi connectivity index (χ4v) is 1.33. The van der Waals surface area contributed by atoms with Crippen molar-refractivity contribution < 1.29 is 4.79 Å². The van der Waals surface area contributed by atoms with Crippen LogP contribution in [0, 0.1) is 0 Å². The fraction of sp³-hybridized carbons (Fsp3) is 0.500. The molecular weight excluding hydrogens is 202 g/mol. The Morgan fingerprint density at radius 2 is 2.25 bits per heavy atom. The normalized spacial score (nSPS) is 10.3. The highest BCUT2D eigenvalue weighted by Gasteiger charge is 2.17. The number of carbonyl (C=O) groups excluding carboxylic acids is 1. The summed E-state index contributed by atoms with van der Waals surface area (Å²) in [6.45, 7) is 6.76. The first-order valence-corrected chi connectivity index (χ1v) is 5.53. The summed E-state index contributed by atoms with van der Waals surface area (Å²) >= 11 is 0. The Labute approximate surface area is 96.7 Å². The van der Waals surface area contributed by atoms with Crippen molar-refractivity contribution >= 4 is 11.6 Å². The lowest BCUT2D eigenvalue weighted by atomic mass is 10.2. The number of nitrogens with zero attached hydrogens (tertiary/aromatic N) is 2. The molecule has 88 valence electrons. The van der Waals surface area contributed by atoms with Crippen LogP contribution in [-0.4, -0.2) is 35.4 Å². The van der Waals surface area contributed by atoms with Crippen molar-refractivity contribution in [3.8, 4) is 0 Å². The Bertz CT molecular complexity index is 363. The van der Waals surface area contributed by atoms with Gasteiger partial charge in [-0.15, -0.1) is 0 Å². The van der Waals surface area contributed by atoms with Gasteiger partial charge in [-0.25, -0.2) is 0 Å². The van der Waals surface area contributed by atoms with Crippen LogP contribution in [0.15, 0.2) is 18.5 Å². The Kier molecular flexibility index (Phi) is 4.28. The van der Waals surface area contributed by atoms with E-state index in [9.17, 15) is 4.79 Å². The third kappa shape index (κ3) is 2.72. The smallest absolute Gasteiger partial charge is 0.257 e. The number of rotatable bonds is 4. The van der Waals surface area contributed by atoms with Crippen molar-refractivity contribution in [1.82, 2.24) is 9.88 Å². The molecule has 1 heterocycles. The van der Waals surface area contributed by atoms with Gasteiger partial charge in [0.25, 0.3) is 5.91 Å². The predicted octanol–water partition coefficient (Wildman–Crippen LogP) is 1.99. The Hall–Kier alpha value is -1.58. The van der Waals surface area contributed by atoms with Crippen molar-refractivity contribution in [2.45, 2.75) is 26.8 Å². The standard InChI is InChI=1S/C12H19N3O/c1-5-14-11-6-7-13-8-10(11)12(16)15(4)9(2)3/h6-9H,5H2,1-4H3,(H,13,14). The molecule has 0 aliphatic carbocycles. The van der Waals surface area contributed by atoms with Crippen molar-refractivity contribution in [1.29, 1.82) is 0 Å². The first-order chi connectivity index (χ1) is 7.57. The highest BCUT2D eigenvalue weighted by Crippen LogP contribution is 2.16. The lowest BCUT2D eigenvalue weighted by Gasteiger charge is -2.22. The van der Waals surface area contributed by atoms with Crippen molar-refractivity contribution in [2.24, 2.45) is 0 Å². The summed E-state index contributed by atoms with van der Waals surface area (Å²) in [5, 5.41) is 3.16. The molecule has 0 aliphatic rings. The molecule has 0 atom stereocenters. The zero-order chi connectivity index (χ0) is 12.1. The number of amides is 1. The molecule has 0 saturated carbocycles. The molecule has 1 rings (SSSR count). The predicted molar refractivity (Wildman–Crippen MR) is 65.6 cm³/mol. The zero-order valence-electron chi connectivity index (χ0n) is 10.3. The minimum Gasteiger partial charge on any atom is -0.385 e. The van der Waals surface area contributed by atoms with E-state index in [1.54, 1.807) is 24.3 Å². The van der Waals surface area contributed by atoms with Gasteiger partial charge in [-0.3, -0.25) is 9.78 Å². The first kappa shape index (κ1) is 12.5. The summed E-state index contributed by atoms with van der Waals surface area (Å²) in [6, 6.07) is 2.01. The molecule has 0 spiro atoms. The first-order valence-electron chi connectivity index (χ1n) is 5.53. The van der Waals surface area contributed by atoms with Crippen molar-refractivity contribution in [3.63, 3.8) is 0 Å². The number of hydrogen-bond acceptors (Lipinski definition) is 3. The van der Waals surface area contributed by atoms with Crippen LogP contribution in [0.25, 0.3) is 0 Å². The molecule has 1 N–H and O–H groups in total. The van der Waals surface area contributed by atoms with E-state index in [2.05, 4.69) is 10.3 Å². The van der Waals surface area contributed by atoms with Gasteiger partial charge in [-0.2, -0.15) is 0 Å².